The number of β-amino-alcohol motifs (C(OH)–C–C–N with tert-alkyl or cyclic N) is 1. The lowest BCUT2D eigenvalue weighted by Crippen LogP contribution is -2.52. The maximum absolute atomic E-state index is 9.03. The van der Waals surface area contributed by atoms with E-state index in [1.807, 2.05) is 0 Å². The number of rotatable bonds is 10. The predicted molar refractivity (Wildman–Crippen MR) is 90.7 cm³/mol. The van der Waals surface area contributed by atoms with E-state index in [0.717, 1.165) is 51.7 Å². The van der Waals surface area contributed by atoms with Gasteiger partial charge in [0.15, 0.2) is 0 Å². The molecule has 0 aromatic heterocycles. The van der Waals surface area contributed by atoms with Crippen molar-refractivity contribution in [2.24, 2.45) is 11.3 Å². The van der Waals surface area contributed by atoms with Gasteiger partial charge < -0.3 is 15.3 Å². The normalized spacial score (nSPS) is 18.6. The molecule has 0 radical (unpaired) electrons. The summed E-state index contributed by atoms with van der Waals surface area (Å²) in [6.45, 7) is 18.3. The van der Waals surface area contributed by atoms with E-state index in [0.29, 0.717) is 5.41 Å². The maximum Gasteiger partial charge on any atom is 0.0558 e. The molecule has 1 heterocycles. The SMILES string of the molecule is CCC(CC)(CNCC(C)C)CN1CCN(CCO)CC1. The standard InChI is InChI=1S/C17H37N3O/c1-5-17(6-2,14-18-13-16(3)4)15-20-9-7-19(8-10-20)11-12-21/h16,18,21H,5-15H2,1-4H3. The second kappa shape index (κ2) is 9.78. The van der Waals surface area contributed by atoms with Crippen molar-refractivity contribution in [2.75, 3.05) is 59.0 Å². The van der Waals surface area contributed by atoms with Gasteiger partial charge in [-0.05, 0) is 30.7 Å². The molecule has 0 amide bonds. The van der Waals surface area contributed by atoms with E-state index in [4.69, 9.17) is 5.11 Å². The second-order valence-corrected chi connectivity index (χ2v) is 7.07. The fourth-order valence-corrected chi connectivity index (χ4v) is 3.19. The van der Waals surface area contributed by atoms with Gasteiger partial charge in [0, 0.05) is 45.8 Å². The van der Waals surface area contributed by atoms with E-state index in [2.05, 4.69) is 42.8 Å². The highest BCUT2D eigenvalue weighted by Gasteiger charge is 2.30. The quantitative estimate of drug-likeness (QED) is 0.643. The van der Waals surface area contributed by atoms with Gasteiger partial charge in [0.2, 0.25) is 0 Å². The van der Waals surface area contributed by atoms with Gasteiger partial charge in [-0.15, -0.1) is 0 Å². The predicted octanol–water partition coefficient (Wildman–Crippen LogP) is 1.65. The van der Waals surface area contributed by atoms with Crippen LogP contribution in [0.2, 0.25) is 0 Å². The average Bonchev–Trinajstić information content (AvgIpc) is 2.48. The third-order valence-corrected chi connectivity index (χ3v) is 4.99. The zero-order valence-electron chi connectivity index (χ0n) is 14.7. The van der Waals surface area contributed by atoms with Crippen LogP contribution in [-0.2, 0) is 0 Å². The highest BCUT2D eigenvalue weighted by Crippen LogP contribution is 2.27. The Kier molecular flexibility index (Phi) is 8.79. The van der Waals surface area contributed by atoms with Crippen molar-refractivity contribution in [1.82, 2.24) is 15.1 Å². The molecule has 1 aliphatic rings. The minimum absolute atomic E-state index is 0.285. The second-order valence-electron chi connectivity index (χ2n) is 7.07. The maximum atomic E-state index is 9.03. The Morgan fingerprint density at radius 2 is 1.62 bits per heavy atom. The molecule has 0 aliphatic carbocycles. The number of aliphatic hydroxyl groups is 1. The number of aliphatic hydroxyl groups excluding tert-OH is 1. The third kappa shape index (κ3) is 6.64. The van der Waals surface area contributed by atoms with Crippen LogP contribution in [0.3, 0.4) is 0 Å². The fourth-order valence-electron chi connectivity index (χ4n) is 3.19. The Morgan fingerprint density at radius 1 is 1.05 bits per heavy atom. The first-order chi connectivity index (χ1) is 10.0. The minimum atomic E-state index is 0.285. The molecule has 0 atom stereocenters. The number of piperazine rings is 1. The minimum Gasteiger partial charge on any atom is -0.395 e. The van der Waals surface area contributed by atoms with E-state index < -0.39 is 0 Å². The first kappa shape index (κ1) is 18.9. The zero-order chi connectivity index (χ0) is 15.7. The average molecular weight is 300 g/mol. The summed E-state index contributed by atoms with van der Waals surface area (Å²) < 4.78 is 0. The molecule has 0 unspecified atom stereocenters. The van der Waals surface area contributed by atoms with Gasteiger partial charge in [-0.1, -0.05) is 27.7 Å². The van der Waals surface area contributed by atoms with E-state index in [1.54, 1.807) is 0 Å². The molecule has 0 aromatic rings. The molecular formula is C17H37N3O. The Morgan fingerprint density at radius 3 is 2.10 bits per heavy atom. The van der Waals surface area contributed by atoms with Crippen LogP contribution in [0.25, 0.3) is 0 Å². The topological polar surface area (TPSA) is 38.7 Å². The largest absolute Gasteiger partial charge is 0.395 e. The number of nitrogens with one attached hydrogen (secondary N) is 1. The highest BCUT2D eigenvalue weighted by atomic mass is 16.3. The third-order valence-electron chi connectivity index (χ3n) is 4.99. The summed E-state index contributed by atoms with van der Waals surface area (Å²) in [5.74, 6) is 0.721. The van der Waals surface area contributed by atoms with Crippen LogP contribution in [0.15, 0.2) is 0 Å². The van der Waals surface area contributed by atoms with Crippen molar-refractivity contribution in [2.45, 2.75) is 40.5 Å². The van der Waals surface area contributed by atoms with E-state index in [9.17, 15) is 0 Å². The Labute approximate surface area is 131 Å². The molecule has 4 nitrogen and oxygen atoms in total. The number of hydrogen-bond donors (Lipinski definition) is 2. The van der Waals surface area contributed by atoms with Gasteiger partial charge in [-0.3, -0.25) is 4.90 Å². The summed E-state index contributed by atoms with van der Waals surface area (Å²) in [4.78, 5) is 4.99. The molecule has 1 saturated heterocycles. The van der Waals surface area contributed by atoms with Crippen LogP contribution in [0.4, 0.5) is 0 Å². The van der Waals surface area contributed by atoms with Crippen LogP contribution >= 0.6 is 0 Å². The number of hydrogen-bond acceptors (Lipinski definition) is 4. The summed E-state index contributed by atoms with van der Waals surface area (Å²) in [5, 5.41) is 12.7. The van der Waals surface area contributed by atoms with Gasteiger partial charge in [0.25, 0.3) is 0 Å². The van der Waals surface area contributed by atoms with Crippen LogP contribution < -0.4 is 5.32 Å². The first-order valence-corrected chi connectivity index (χ1v) is 8.81. The van der Waals surface area contributed by atoms with Gasteiger partial charge >= 0.3 is 0 Å². The zero-order valence-corrected chi connectivity index (χ0v) is 14.7. The molecule has 126 valence electrons. The summed E-state index contributed by atoms with van der Waals surface area (Å²) in [5.41, 5.74) is 0.411. The lowest BCUT2D eigenvalue weighted by atomic mass is 9.81. The molecule has 1 fully saturated rings. The van der Waals surface area contributed by atoms with Crippen molar-refractivity contribution in [3.05, 3.63) is 0 Å². The summed E-state index contributed by atoms with van der Waals surface area (Å²) in [6, 6.07) is 0. The Hall–Kier alpha value is -0.160. The summed E-state index contributed by atoms with van der Waals surface area (Å²) in [6.07, 6.45) is 2.48. The molecule has 0 spiro atoms. The number of nitrogens with zero attached hydrogens (tertiary/aromatic N) is 2. The molecule has 21 heavy (non-hydrogen) atoms. The van der Waals surface area contributed by atoms with E-state index in [1.165, 1.54) is 19.4 Å². The Bertz CT molecular complexity index is 259. The molecule has 4 heteroatoms. The van der Waals surface area contributed by atoms with Gasteiger partial charge in [-0.2, -0.15) is 0 Å². The van der Waals surface area contributed by atoms with Crippen molar-refractivity contribution >= 4 is 0 Å². The summed E-state index contributed by atoms with van der Waals surface area (Å²) >= 11 is 0. The van der Waals surface area contributed by atoms with Crippen LogP contribution in [0.5, 0.6) is 0 Å². The van der Waals surface area contributed by atoms with Crippen LogP contribution in [0, 0.1) is 11.3 Å². The fraction of sp³-hybridized carbons (Fsp3) is 1.00. The molecule has 0 aromatic carbocycles. The molecule has 0 saturated carbocycles. The first-order valence-electron chi connectivity index (χ1n) is 8.81. The highest BCUT2D eigenvalue weighted by molar-refractivity contribution is 4.85. The molecule has 0 bridgehead atoms. The molecule has 1 rings (SSSR count). The van der Waals surface area contributed by atoms with Gasteiger partial charge in [0.1, 0.15) is 0 Å². The molecule has 1 aliphatic heterocycles. The van der Waals surface area contributed by atoms with E-state index >= 15 is 0 Å². The van der Waals surface area contributed by atoms with Gasteiger partial charge in [-0.25, -0.2) is 0 Å². The molecule has 2 N–H and O–H groups in total. The van der Waals surface area contributed by atoms with Crippen LogP contribution in [0.1, 0.15) is 40.5 Å². The van der Waals surface area contributed by atoms with Crippen LogP contribution in [-0.4, -0.2) is 73.9 Å². The van der Waals surface area contributed by atoms with Crippen molar-refractivity contribution < 1.29 is 5.11 Å². The van der Waals surface area contributed by atoms with Crippen molar-refractivity contribution in [3.63, 3.8) is 0 Å². The lowest BCUT2D eigenvalue weighted by molar-refractivity contribution is 0.0700. The van der Waals surface area contributed by atoms with Crippen molar-refractivity contribution in [3.8, 4) is 0 Å². The van der Waals surface area contributed by atoms with Gasteiger partial charge in [0.05, 0.1) is 6.61 Å². The smallest absolute Gasteiger partial charge is 0.0558 e. The molecular weight excluding hydrogens is 262 g/mol. The summed E-state index contributed by atoms with van der Waals surface area (Å²) in [7, 11) is 0. The lowest BCUT2D eigenvalue weighted by Gasteiger charge is -2.41. The Balaban J connectivity index is 2.43. The van der Waals surface area contributed by atoms with E-state index in [-0.39, 0.29) is 6.61 Å². The van der Waals surface area contributed by atoms with Crippen molar-refractivity contribution in [1.29, 1.82) is 0 Å². The monoisotopic (exact) mass is 299 g/mol.